The van der Waals surface area contributed by atoms with Gasteiger partial charge in [-0.2, -0.15) is 13.2 Å². The third kappa shape index (κ3) is 4.98. The standard InChI is InChI=1S/C20H21F3N2O4/c1-4-29-18(27)19(20(21,22)23,24-15-9-5-13(2)6-10-15)25-17(26)14-7-11-16(28-3)12-8-14/h5-12,24H,4H2,1-3H3,(H,25,26)/t19-/m0/s1. The summed E-state index contributed by atoms with van der Waals surface area (Å²) in [7, 11) is 1.41. The van der Waals surface area contributed by atoms with Crippen LogP contribution in [0.3, 0.4) is 0 Å². The number of nitrogens with one attached hydrogen (secondary N) is 2. The van der Waals surface area contributed by atoms with Crippen molar-refractivity contribution in [2.24, 2.45) is 0 Å². The maximum absolute atomic E-state index is 14.1. The van der Waals surface area contributed by atoms with E-state index in [4.69, 9.17) is 4.74 Å². The van der Waals surface area contributed by atoms with Gasteiger partial charge in [0.1, 0.15) is 5.75 Å². The van der Waals surface area contributed by atoms with E-state index in [9.17, 15) is 22.8 Å². The summed E-state index contributed by atoms with van der Waals surface area (Å²) >= 11 is 0. The van der Waals surface area contributed by atoms with E-state index in [1.54, 1.807) is 24.4 Å². The number of aryl methyl sites for hydroxylation is 1. The first kappa shape index (κ1) is 22.1. The summed E-state index contributed by atoms with van der Waals surface area (Å²) in [6.07, 6.45) is -5.20. The average Bonchev–Trinajstić information content (AvgIpc) is 2.68. The Morgan fingerprint density at radius 3 is 2.07 bits per heavy atom. The van der Waals surface area contributed by atoms with Crippen LogP contribution < -0.4 is 15.4 Å². The van der Waals surface area contributed by atoms with Gasteiger partial charge < -0.3 is 20.1 Å². The fourth-order valence-electron chi connectivity index (χ4n) is 2.47. The zero-order valence-electron chi connectivity index (χ0n) is 16.1. The molecule has 29 heavy (non-hydrogen) atoms. The van der Waals surface area contributed by atoms with Crippen LogP contribution in [0.2, 0.25) is 0 Å². The van der Waals surface area contributed by atoms with Crippen molar-refractivity contribution >= 4 is 17.6 Å². The highest BCUT2D eigenvalue weighted by Crippen LogP contribution is 2.33. The molecule has 2 N–H and O–H groups in total. The number of alkyl halides is 3. The highest BCUT2D eigenvalue weighted by atomic mass is 19.4. The van der Waals surface area contributed by atoms with Crippen molar-refractivity contribution < 1.29 is 32.2 Å². The minimum absolute atomic E-state index is 0.0176. The van der Waals surface area contributed by atoms with E-state index >= 15 is 0 Å². The quantitative estimate of drug-likeness (QED) is 0.538. The van der Waals surface area contributed by atoms with Gasteiger partial charge in [0.25, 0.3) is 5.91 Å². The molecule has 0 bridgehead atoms. The lowest BCUT2D eigenvalue weighted by Crippen LogP contribution is -2.69. The second-order valence-corrected chi connectivity index (χ2v) is 6.14. The molecule has 0 unspecified atom stereocenters. The number of hydrogen-bond acceptors (Lipinski definition) is 5. The van der Waals surface area contributed by atoms with Gasteiger partial charge in [-0.15, -0.1) is 0 Å². The van der Waals surface area contributed by atoms with Crippen LogP contribution in [0.15, 0.2) is 48.5 Å². The van der Waals surface area contributed by atoms with Gasteiger partial charge in [0.2, 0.25) is 0 Å². The first-order chi connectivity index (χ1) is 13.6. The molecular weight excluding hydrogens is 389 g/mol. The summed E-state index contributed by atoms with van der Waals surface area (Å²) in [6.45, 7) is 2.83. The molecule has 2 aromatic carbocycles. The molecule has 0 spiro atoms. The highest BCUT2D eigenvalue weighted by Gasteiger charge is 2.63. The van der Waals surface area contributed by atoms with E-state index in [1.165, 1.54) is 50.4 Å². The zero-order chi connectivity index (χ0) is 21.7. The van der Waals surface area contributed by atoms with Crippen LogP contribution >= 0.6 is 0 Å². The number of hydrogen-bond donors (Lipinski definition) is 2. The van der Waals surface area contributed by atoms with Crippen LogP contribution in [0, 0.1) is 6.92 Å². The van der Waals surface area contributed by atoms with Crippen molar-refractivity contribution in [3.05, 3.63) is 59.7 Å². The number of anilines is 1. The maximum atomic E-state index is 14.1. The molecule has 2 rings (SSSR count). The number of benzene rings is 2. The number of carbonyl (C=O) groups excluding carboxylic acids is 2. The van der Waals surface area contributed by atoms with E-state index in [0.29, 0.717) is 5.75 Å². The van der Waals surface area contributed by atoms with Gasteiger partial charge in [0.15, 0.2) is 0 Å². The molecule has 2 aromatic rings. The first-order valence-corrected chi connectivity index (χ1v) is 8.68. The largest absolute Gasteiger partial charge is 0.497 e. The lowest BCUT2D eigenvalue weighted by molar-refractivity contribution is -0.204. The van der Waals surface area contributed by atoms with E-state index in [0.717, 1.165) is 5.56 Å². The van der Waals surface area contributed by atoms with Crippen molar-refractivity contribution in [1.29, 1.82) is 0 Å². The zero-order valence-corrected chi connectivity index (χ0v) is 16.1. The minimum Gasteiger partial charge on any atom is -0.497 e. The number of halogens is 3. The molecule has 0 saturated heterocycles. The number of rotatable bonds is 7. The topological polar surface area (TPSA) is 76.7 Å². The Balaban J connectivity index is 2.46. The summed E-state index contributed by atoms with van der Waals surface area (Å²) < 4.78 is 51.9. The highest BCUT2D eigenvalue weighted by molar-refractivity contribution is 5.99. The third-order valence-electron chi connectivity index (χ3n) is 4.04. The lowest BCUT2D eigenvalue weighted by atomic mass is 10.1. The summed E-state index contributed by atoms with van der Waals surface area (Å²) in [5.41, 5.74) is -2.77. The molecule has 6 nitrogen and oxygen atoms in total. The Morgan fingerprint density at radius 2 is 1.59 bits per heavy atom. The van der Waals surface area contributed by atoms with Crippen molar-refractivity contribution in [2.75, 3.05) is 19.0 Å². The van der Waals surface area contributed by atoms with Gasteiger partial charge in [-0.3, -0.25) is 4.79 Å². The Bertz CT molecular complexity index is 852. The number of methoxy groups -OCH3 is 1. The molecule has 1 atom stereocenters. The van der Waals surface area contributed by atoms with Crippen LogP contribution in [0.4, 0.5) is 18.9 Å². The average molecular weight is 410 g/mol. The van der Waals surface area contributed by atoms with Crippen LogP contribution in [0.5, 0.6) is 5.75 Å². The van der Waals surface area contributed by atoms with Gasteiger partial charge in [0.05, 0.1) is 13.7 Å². The first-order valence-electron chi connectivity index (χ1n) is 8.68. The van der Waals surface area contributed by atoms with Crippen LogP contribution in [0.1, 0.15) is 22.8 Å². The minimum atomic E-state index is -5.20. The molecule has 0 aliphatic heterocycles. The van der Waals surface area contributed by atoms with E-state index in [1.807, 2.05) is 0 Å². The van der Waals surface area contributed by atoms with E-state index in [2.05, 4.69) is 10.1 Å². The SMILES string of the molecule is CCOC(=O)[C@@](NC(=O)c1ccc(OC)cc1)(Nc1ccc(C)cc1)C(F)(F)F. The molecule has 0 aliphatic carbocycles. The van der Waals surface area contributed by atoms with Crippen molar-refractivity contribution in [3.8, 4) is 5.75 Å². The van der Waals surface area contributed by atoms with Gasteiger partial charge >= 0.3 is 17.8 Å². The van der Waals surface area contributed by atoms with Crippen molar-refractivity contribution in [3.63, 3.8) is 0 Å². The molecule has 0 aromatic heterocycles. The van der Waals surface area contributed by atoms with Crippen molar-refractivity contribution in [2.45, 2.75) is 25.7 Å². The Hall–Kier alpha value is -3.23. The normalized spacial score (nSPS) is 13.2. The lowest BCUT2D eigenvalue weighted by Gasteiger charge is -2.35. The van der Waals surface area contributed by atoms with Crippen LogP contribution in [0.25, 0.3) is 0 Å². The molecule has 0 aliphatic rings. The molecule has 0 heterocycles. The van der Waals surface area contributed by atoms with Gasteiger partial charge in [-0.1, -0.05) is 17.7 Å². The second kappa shape index (κ2) is 8.85. The molecule has 156 valence electrons. The smallest absolute Gasteiger partial charge is 0.441 e. The molecule has 9 heteroatoms. The fraction of sp³-hybridized carbons (Fsp3) is 0.300. The number of amides is 1. The fourth-order valence-corrected chi connectivity index (χ4v) is 2.47. The third-order valence-corrected chi connectivity index (χ3v) is 4.04. The Kier molecular flexibility index (Phi) is 6.73. The maximum Gasteiger partial charge on any atom is 0.441 e. The van der Waals surface area contributed by atoms with Gasteiger partial charge in [0, 0.05) is 11.3 Å². The van der Waals surface area contributed by atoms with Crippen LogP contribution in [-0.2, 0) is 9.53 Å². The summed E-state index contributed by atoms with van der Waals surface area (Å²) in [4.78, 5) is 25.0. The van der Waals surface area contributed by atoms with E-state index in [-0.39, 0.29) is 17.9 Å². The van der Waals surface area contributed by atoms with Crippen LogP contribution in [-0.4, -0.2) is 37.4 Å². The summed E-state index contributed by atoms with van der Waals surface area (Å²) in [6, 6.07) is 11.3. The van der Waals surface area contributed by atoms with Gasteiger partial charge in [-0.25, -0.2) is 4.79 Å². The Morgan fingerprint density at radius 1 is 1.00 bits per heavy atom. The second-order valence-electron chi connectivity index (χ2n) is 6.14. The monoisotopic (exact) mass is 410 g/mol. The van der Waals surface area contributed by atoms with E-state index < -0.39 is 23.7 Å². The predicted octanol–water partition coefficient (Wildman–Crippen LogP) is 3.67. The Labute approximate surface area is 166 Å². The number of esters is 1. The summed E-state index contributed by atoms with van der Waals surface area (Å²) in [5.74, 6) is -2.36. The molecule has 0 saturated carbocycles. The van der Waals surface area contributed by atoms with Crippen molar-refractivity contribution in [1.82, 2.24) is 5.32 Å². The summed E-state index contributed by atoms with van der Waals surface area (Å²) in [5, 5.41) is 3.89. The molecule has 0 fully saturated rings. The number of ether oxygens (including phenoxy) is 2. The molecule has 1 amide bonds. The molecule has 0 radical (unpaired) electrons. The predicted molar refractivity (Wildman–Crippen MR) is 101 cm³/mol. The molecular formula is C20H21F3N2O4. The van der Waals surface area contributed by atoms with Gasteiger partial charge in [-0.05, 0) is 50.2 Å². The number of carbonyl (C=O) groups is 2.